The zero-order valence-corrected chi connectivity index (χ0v) is 8.28. The molecule has 2 rings (SSSR count). The van der Waals surface area contributed by atoms with Crippen LogP contribution in [0.4, 0.5) is 0 Å². The molecule has 0 amide bonds. The van der Waals surface area contributed by atoms with Crippen LogP contribution in [0.2, 0.25) is 0 Å². The first-order valence-electron chi connectivity index (χ1n) is 3.99. The summed E-state index contributed by atoms with van der Waals surface area (Å²) >= 11 is 1.45. The minimum atomic E-state index is -0.130. The van der Waals surface area contributed by atoms with Crippen molar-refractivity contribution in [2.75, 3.05) is 0 Å². The molecule has 14 heavy (non-hydrogen) atoms. The zero-order chi connectivity index (χ0) is 9.97. The average molecular weight is 205 g/mol. The van der Waals surface area contributed by atoms with E-state index in [9.17, 15) is 4.79 Å². The number of aromatic nitrogens is 3. The highest BCUT2D eigenvalue weighted by Crippen LogP contribution is 2.11. The number of hydrogen-bond donors (Lipinski definition) is 0. The van der Waals surface area contributed by atoms with Gasteiger partial charge in [0.05, 0.1) is 10.6 Å². The van der Waals surface area contributed by atoms with Gasteiger partial charge in [0, 0.05) is 17.8 Å². The maximum atomic E-state index is 11.7. The molecule has 0 aliphatic rings. The first-order valence-corrected chi connectivity index (χ1v) is 4.87. The Labute approximate surface area is 84.7 Å². The van der Waals surface area contributed by atoms with Gasteiger partial charge in [-0.2, -0.15) is 0 Å². The van der Waals surface area contributed by atoms with Crippen LogP contribution >= 0.6 is 11.3 Å². The van der Waals surface area contributed by atoms with Gasteiger partial charge in [-0.1, -0.05) is 0 Å². The molecule has 4 nitrogen and oxygen atoms in total. The molecular formula is C9H7N3OS. The van der Waals surface area contributed by atoms with Gasteiger partial charge in [-0.3, -0.25) is 4.79 Å². The van der Waals surface area contributed by atoms with E-state index in [4.69, 9.17) is 0 Å². The predicted molar refractivity (Wildman–Crippen MR) is 52.3 cm³/mol. The quantitative estimate of drug-likeness (QED) is 0.697. The lowest BCUT2D eigenvalue weighted by molar-refractivity contribution is 0.103. The van der Waals surface area contributed by atoms with Gasteiger partial charge >= 0.3 is 0 Å². The summed E-state index contributed by atoms with van der Waals surface area (Å²) < 4.78 is 0. The second-order valence-electron chi connectivity index (χ2n) is 2.71. The van der Waals surface area contributed by atoms with E-state index in [0.29, 0.717) is 11.3 Å². The number of thiazole rings is 1. The van der Waals surface area contributed by atoms with Crippen LogP contribution < -0.4 is 0 Å². The molecule has 0 N–H and O–H groups in total. The summed E-state index contributed by atoms with van der Waals surface area (Å²) in [4.78, 5) is 23.4. The zero-order valence-electron chi connectivity index (χ0n) is 7.47. The molecule has 2 heterocycles. The summed E-state index contributed by atoms with van der Waals surface area (Å²) in [5.74, 6) is -0.130. The van der Waals surface area contributed by atoms with Crippen LogP contribution in [0.5, 0.6) is 0 Å². The molecule has 0 saturated heterocycles. The van der Waals surface area contributed by atoms with Crippen molar-refractivity contribution in [3.8, 4) is 0 Å². The third-order valence-electron chi connectivity index (χ3n) is 1.67. The van der Waals surface area contributed by atoms with E-state index in [2.05, 4.69) is 15.0 Å². The van der Waals surface area contributed by atoms with E-state index in [1.807, 2.05) is 6.92 Å². The molecule has 2 aromatic heterocycles. The van der Waals surface area contributed by atoms with E-state index < -0.39 is 0 Å². The van der Waals surface area contributed by atoms with Crippen LogP contribution in [0.3, 0.4) is 0 Å². The minimum Gasteiger partial charge on any atom is -0.287 e. The fourth-order valence-corrected chi connectivity index (χ4v) is 1.62. The fourth-order valence-electron chi connectivity index (χ4n) is 1.03. The van der Waals surface area contributed by atoms with Crippen molar-refractivity contribution in [2.24, 2.45) is 0 Å². The van der Waals surface area contributed by atoms with E-state index in [1.54, 1.807) is 5.38 Å². The molecule has 0 spiro atoms. The van der Waals surface area contributed by atoms with Crippen LogP contribution in [0.25, 0.3) is 0 Å². The molecule has 0 fully saturated rings. The van der Waals surface area contributed by atoms with Crippen molar-refractivity contribution < 1.29 is 4.79 Å². The highest BCUT2D eigenvalue weighted by molar-refractivity contribution is 7.09. The number of nitrogens with zero attached hydrogens (tertiary/aromatic N) is 3. The van der Waals surface area contributed by atoms with Crippen LogP contribution in [0.1, 0.15) is 21.1 Å². The Morgan fingerprint density at radius 3 is 2.64 bits per heavy atom. The molecule has 0 aliphatic heterocycles. The Kier molecular flexibility index (Phi) is 2.32. The number of ketones is 1. The second-order valence-corrected chi connectivity index (χ2v) is 3.77. The topological polar surface area (TPSA) is 55.7 Å². The smallest absolute Gasteiger partial charge is 0.215 e. The monoisotopic (exact) mass is 205 g/mol. The largest absolute Gasteiger partial charge is 0.287 e. The van der Waals surface area contributed by atoms with Gasteiger partial charge < -0.3 is 0 Å². The van der Waals surface area contributed by atoms with Gasteiger partial charge in [0.2, 0.25) is 5.78 Å². The van der Waals surface area contributed by atoms with Gasteiger partial charge in [-0.15, -0.1) is 11.3 Å². The Morgan fingerprint density at radius 2 is 2.07 bits per heavy atom. The van der Waals surface area contributed by atoms with Crippen LogP contribution in [0.15, 0.2) is 24.1 Å². The number of hydrogen-bond acceptors (Lipinski definition) is 5. The Balaban J connectivity index is 2.34. The summed E-state index contributed by atoms with van der Waals surface area (Å²) in [6, 6.07) is 0. The molecular weight excluding hydrogens is 198 g/mol. The standard InChI is InChI=1S/C9H7N3OS/c1-6-12-8(4-14-6)9(13)7-2-10-5-11-3-7/h2-5H,1H3. The first-order chi connectivity index (χ1) is 6.77. The number of rotatable bonds is 2. The molecule has 70 valence electrons. The van der Waals surface area contributed by atoms with Gasteiger partial charge in [-0.05, 0) is 6.92 Å². The third-order valence-corrected chi connectivity index (χ3v) is 2.45. The Morgan fingerprint density at radius 1 is 1.36 bits per heavy atom. The minimum absolute atomic E-state index is 0.130. The van der Waals surface area contributed by atoms with E-state index in [1.165, 1.54) is 30.1 Å². The van der Waals surface area contributed by atoms with Crippen molar-refractivity contribution in [3.05, 3.63) is 40.4 Å². The summed E-state index contributed by atoms with van der Waals surface area (Å²) in [5.41, 5.74) is 0.931. The average Bonchev–Trinajstić information content (AvgIpc) is 2.65. The lowest BCUT2D eigenvalue weighted by Crippen LogP contribution is -2.02. The highest BCUT2D eigenvalue weighted by atomic mass is 32.1. The van der Waals surface area contributed by atoms with E-state index in [-0.39, 0.29) is 5.78 Å². The second kappa shape index (κ2) is 3.63. The highest BCUT2D eigenvalue weighted by Gasteiger charge is 2.11. The van der Waals surface area contributed by atoms with Gasteiger partial charge in [0.25, 0.3) is 0 Å². The van der Waals surface area contributed by atoms with Gasteiger partial charge in [0.15, 0.2) is 0 Å². The summed E-state index contributed by atoms with van der Waals surface area (Å²) in [5, 5.41) is 2.62. The predicted octanol–water partition coefficient (Wildman–Crippen LogP) is 1.47. The third kappa shape index (κ3) is 1.67. The molecule has 0 unspecified atom stereocenters. The number of aryl methyl sites for hydroxylation is 1. The van der Waals surface area contributed by atoms with Crippen LogP contribution in [-0.2, 0) is 0 Å². The Hall–Kier alpha value is -1.62. The molecule has 0 atom stereocenters. The SMILES string of the molecule is Cc1nc(C(=O)c2cncnc2)cs1. The maximum absolute atomic E-state index is 11.7. The van der Waals surface area contributed by atoms with Crippen molar-refractivity contribution in [3.63, 3.8) is 0 Å². The molecule has 0 saturated carbocycles. The van der Waals surface area contributed by atoms with Crippen molar-refractivity contribution in [2.45, 2.75) is 6.92 Å². The molecule has 0 radical (unpaired) electrons. The molecule has 5 heteroatoms. The summed E-state index contributed by atoms with van der Waals surface area (Å²) in [7, 11) is 0. The van der Waals surface area contributed by atoms with Crippen molar-refractivity contribution in [1.82, 2.24) is 15.0 Å². The number of carbonyl (C=O) groups is 1. The first kappa shape index (κ1) is 8.96. The molecule has 0 aliphatic carbocycles. The fraction of sp³-hybridized carbons (Fsp3) is 0.111. The summed E-state index contributed by atoms with van der Waals surface area (Å²) in [6.07, 6.45) is 4.37. The number of carbonyl (C=O) groups excluding carboxylic acids is 1. The van der Waals surface area contributed by atoms with E-state index in [0.717, 1.165) is 5.01 Å². The lowest BCUT2D eigenvalue weighted by atomic mass is 10.2. The van der Waals surface area contributed by atoms with Crippen LogP contribution in [-0.4, -0.2) is 20.7 Å². The molecule has 0 bridgehead atoms. The van der Waals surface area contributed by atoms with Gasteiger partial charge in [-0.25, -0.2) is 15.0 Å². The van der Waals surface area contributed by atoms with Crippen LogP contribution in [0, 0.1) is 6.92 Å². The lowest BCUT2D eigenvalue weighted by Gasteiger charge is -1.93. The Bertz CT molecular complexity index is 452. The molecule has 2 aromatic rings. The molecule has 0 aromatic carbocycles. The normalized spacial score (nSPS) is 10.1. The van der Waals surface area contributed by atoms with Crippen molar-refractivity contribution >= 4 is 17.1 Å². The van der Waals surface area contributed by atoms with Crippen molar-refractivity contribution in [1.29, 1.82) is 0 Å². The van der Waals surface area contributed by atoms with Gasteiger partial charge in [0.1, 0.15) is 12.0 Å². The summed E-state index contributed by atoms with van der Waals surface area (Å²) in [6.45, 7) is 1.86. The van der Waals surface area contributed by atoms with E-state index >= 15 is 0 Å². The maximum Gasteiger partial charge on any atom is 0.215 e.